The van der Waals surface area contributed by atoms with Gasteiger partial charge in [0.25, 0.3) is 0 Å². The highest BCUT2D eigenvalue weighted by molar-refractivity contribution is 7.13. The summed E-state index contributed by atoms with van der Waals surface area (Å²) in [5.41, 5.74) is 0. The van der Waals surface area contributed by atoms with E-state index in [1.54, 1.807) is 0 Å². The number of carbonyl (C=O) groups excluding carboxylic acids is 1. The van der Waals surface area contributed by atoms with Crippen LogP contribution in [0.3, 0.4) is 0 Å². The molecule has 0 radical (unpaired) electrons. The number of nitrogens with one attached hydrogen (secondary N) is 2. The monoisotopic (exact) mass is 291 g/mol. The Kier molecular flexibility index (Phi) is 3.41. The molecular formula is C9H9N9OS. The molecule has 0 saturated heterocycles. The molecule has 0 aromatic carbocycles. The van der Waals surface area contributed by atoms with Crippen LogP contribution in [0.1, 0.15) is 5.82 Å². The van der Waals surface area contributed by atoms with E-state index in [0.29, 0.717) is 11.6 Å². The molecule has 3 rings (SSSR count). The normalized spacial score (nSPS) is 10.6. The maximum atomic E-state index is 11.7. The Morgan fingerprint density at radius 2 is 2.40 bits per heavy atom. The molecule has 0 atom stereocenters. The lowest BCUT2D eigenvalue weighted by atomic mass is 10.5. The van der Waals surface area contributed by atoms with Crippen LogP contribution in [0, 0.1) is 0 Å². The van der Waals surface area contributed by atoms with E-state index in [2.05, 4.69) is 41.4 Å². The topological polar surface area (TPSA) is 127 Å². The number of tetrazole rings is 2. The number of rotatable bonds is 5. The summed E-state index contributed by atoms with van der Waals surface area (Å²) in [6, 6.07) is 3.79. The van der Waals surface area contributed by atoms with Gasteiger partial charge in [0.2, 0.25) is 11.7 Å². The Labute approximate surface area is 116 Å². The third-order valence-corrected chi connectivity index (χ3v) is 3.18. The minimum Gasteiger partial charge on any atom is -0.347 e. The molecular weight excluding hydrogens is 282 g/mol. The molecule has 0 aliphatic carbocycles. The number of aromatic nitrogens is 8. The number of nitrogens with zero attached hydrogens (tertiary/aromatic N) is 7. The van der Waals surface area contributed by atoms with Crippen molar-refractivity contribution in [2.24, 2.45) is 0 Å². The van der Waals surface area contributed by atoms with E-state index in [0.717, 1.165) is 4.88 Å². The number of hydrogen-bond donors (Lipinski definition) is 2. The van der Waals surface area contributed by atoms with Crippen LogP contribution in [0.25, 0.3) is 10.7 Å². The molecule has 3 aromatic rings. The minimum absolute atomic E-state index is 0.0176. The first kappa shape index (κ1) is 12.3. The summed E-state index contributed by atoms with van der Waals surface area (Å²) in [5.74, 6) is 0.653. The highest BCUT2D eigenvalue weighted by Gasteiger charge is 2.10. The second-order valence-corrected chi connectivity index (χ2v) is 4.67. The number of carbonyl (C=O) groups is 1. The third kappa shape index (κ3) is 2.83. The second kappa shape index (κ2) is 5.52. The van der Waals surface area contributed by atoms with Crippen molar-refractivity contribution in [1.82, 2.24) is 46.1 Å². The zero-order valence-corrected chi connectivity index (χ0v) is 10.9. The Balaban J connectivity index is 1.56. The molecule has 2 N–H and O–H groups in total. The van der Waals surface area contributed by atoms with E-state index >= 15 is 0 Å². The van der Waals surface area contributed by atoms with Gasteiger partial charge in [-0.1, -0.05) is 11.3 Å². The van der Waals surface area contributed by atoms with E-state index in [1.807, 2.05) is 17.5 Å². The fourth-order valence-electron chi connectivity index (χ4n) is 1.43. The Morgan fingerprint density at radius 3 is 3.15 bits per heavy atom. The van der Waals surface area contributed by atoms with Gasteiger partial charge in [-0.2, -0.15) is 10.0 Å². The van der Waals surface area contributed by atoms with Crippen LogP contribution in [-0.2, 0) is 17.9 Å². The number of H-pyrrole nitrogens is 1. The molecule has 0 aliphatic heterocycles. The lowest BCUT2D eigenvalue weighted by Gasteiger charge is -2.00. The molecule has 3 aromatic heterocycles. The maximum absolute atomic E-state index is 11.7. The first-order chi connectivity index (χ1) is 9.81. The van der Waals surface area contributed by atoms with Crippen molar-refractivity contribution in [3.8, 4) is 10.7 Å². The predicted octanol–water partition coefficient (Wildman–Crippen LogP) is -0.769. The first-order valence-corrected chi connectivity index (χ1v) is 6.50. The third-order valence-electron chi connectivity index (χ3n) is 2.31. The summed E-state index contributed by atoms with van der Waals surface area (Å²) in [4.78, 5) is 13.8. The Bertz CT molecular complexity index is 674. The Morgan fingerprint density at radius 1 is 1.45 bits per heavy atom. The molecule has 3 heterocycles. The number of thiophene rings is 1. The van der Waals surface area contributed by atoms with Crippen molar-refractivity contribution in [1.29, 1.82) is 0 Å². The lowest BCUT2D eigenvalue weighted by molar-refractivity contribution is -0.122. The fraction of sp³-hybridized carbons (Fsp3) is 0.222. The standard InChI is InChI=1S/C9H9N9OS/c19-8(10-4-7-11-15-16-12-7)5-18-14-9(13-17-18)6-2-1-3-20-6/h1-3H,4-5H2,(H,10,19)(H,11,12,15,16). The van der Waals surface area contributed by atoms with Crippen LogP contribution in [0.2, 0.25) is 0 Å². The minimum atomic E-state index is -0.259. The lowest BCUT2D eigenvalue weighted by Crippen LogP contribution is -2.28. The van der Waals surface area contributed by atoms with E-state index in [9.17, 15) is 4.79 Å². The summed E-state index contributed by atoms with van der Waals surface area (Å²) >= 11 is 1.51. The number of amides is 1. The number of aromatic amines is 1. The smallest absolute Gasteiger partial charge is 0.244 e. The van der Waals surface area contributed by atoms with E-state index in [1.165, 1.54) is 16.1 Å². The maximum Gasteiger partial charge on any atom is 0.244 e. The van der Waals surface area contributed by atoms with Gasteiger partial charge in [0.15, 0.2) is 5.82 Å². The van der Waals surface area contributed by atoms with Crippen molar-refractivity contribution in [3.05, 3.63) is 23.3 Å². The molecule has 20 heavy (non-hydrogen) atoms. The molecule has 0 saturated carbocycles. The van der Waals surface area contributed by atoms with Crippen molar-refractivity contribution in [3.63, 3.8) is 0 Å². The molecule has 0 unspecified atom stereocenters. The van der Waals surface area contributed by atoms with Crippen LogP contribution in [0.15, 0.2) is 17.5 Å². The van der Waals surface area contributed by atoms with Gasteiger partial charge in [0.05, 0.1) is 11.4 Å². The van der Waals surface area contributed by atoms with E-state index in [-0.39, 0.29) is 19.0 Å². The van der Waals surface area contributed by atoms with Gasteiger partial charge in [-0.15, -0.1) is 31.7 Å². The predicted molar refractivity (Wildman–Crippen MR) is 67.2 cm³/mol. The summed E-state index contributed by atoms with van der Waals surface area (Å²) in [5, 5.41) is 29.5. The van der Waals surface area contributed by atoms with Gasteiger partial charge < -0.3 is 5.32 Å². The molecule has 0 bridgehead atoms. The molecule has 10 nitrogen and oxygen atoms in total. The number of hydrogen-bond acceptors (Lipinski definition) is 8. The van der Waals surface area contributed by atoms with Crippen LogP contribution in [0.5, 0.6) is 0 Å². The molecule has 0 spiro atoms. The molecule has 1 amide bonds. The summed E-state index contributed by atoms with van der Waals surface area (Å²) in [7, 11) is 0. The first-order valence-electron chi connectivity index (χ1n) is 5.62. The van der Waals surface area contributed by atoms with Crippen LogP contribution >= 0.6 is 11.3 Å². The van der Waals surface area contributed by atoms with Crippen LogP contribution in [0.4, 0.5) is 0 Å². The summed E-state index contributed by atoms with van der Waals surface area (Å²) in [6.45, 7) is 0.179. The Hall–Kier alpha value is -2.69. The highest BCUT2D eigenvalue weighted by atomic mass is 32.1. The molecule has 11 heteroatoms. The van der Waals surface area contributed by atoms with Crippen molar-refractivity contribution in [2.45, 2.75) is 13.1 Å². The fourth-order valence-corrected chi connectivity index (χ4v) is 2.08. The van der Waals surface area contributed by atoms with Gasteiger partial charge in [-0.3, -0.25) is 4.79 Å². The van der Waals surface area contributed by atoms with E-state index in [4.69, 9.17) is 0 Å². The van der Waals surface area contributed by atoms with Crippen LogP contribution in [-0.4, -0.2) is 46.7 Å². The van der Waals surface area contributed by atoms with Crippen LogP contribution < -0.4 is 5.32 Å². The van der Waals surface area contributed by atoms with Gasteiger partial charge in [-0.25, -0.2) is 0 Å². The second-order valence-electron chi connectivity index (χ2n) is 3.73. The zero-order valence-electron chi connectivity index (χ0n) is 10.1. The molecule has 0 aliphatic rings. The largest absolute Gasteiger partial charge is 0.347 e. The van der Waals surface area contributed by atoms with Gasteiger partial charge in [0, 0.05) is 0 Å². The molecule has 102 valence electrons. The van der Waals surface area contributed by atoms with Gasteiger partial charge in [-0.05, 0) is 16.7 Å². The van der Waals surface area contributed by atoms with Crippen molar-refractivity contribution < 1.29 is 4.79 Å². The van der Waals surface area contributed by atoms with Gasteiger partial charge >= 0.3 is 0 Å². The SMILES string of the molecule is O=C(Cn1nnc(-c2cccs2)n1)NCc1nn[nH]n1. The molecule has 0 fully saturated rings. The van der Waals surface area contributed by atoms with Crippen molar-refractivity contribution in [2.75, 3.05) is 0 Å². The van der Waals surface area contributed by atoms with Crippen molar-refractivity contribution >= 4 is 17.2 Å². The van der Waals surface area contributed by atoms with E-state index < -0.39 is 0 Å². The quantitative estimate of drug-likeness (QED) is 0.631. The zero-order chi connectivity index (χ0) is 13.8. The average molecular weight is 291 g/mol. The van der Waals surface area contributed by atoms with Gasteiger partial charge in [0.1, 0.15) is 6.54 Å². The summed E-state index contributed by atoms with van der Waals surface area (Å²) < 4.78 is 0. The average Bonchev–Trinajstić information content (AvgIpc) is 3.18. The highest BCUT2D eigenvalue weighted by Crippen LogP contribution is 2.19. The summed E-state index contributed by atoms with van der Waals surface area (Å²) in [6.07, 6.45) is 0.